The first kappa shape index (κ1) is 11.9. The predicted molar refractivity (Wildman–Crippen MR) is 65.9 cm³/mol. The summed E-state index contributed by atoms with van der Waals surface area (Å²) in [6.45, 7) is 0.643. The van der Waals surface area contributed by atoms with Crippen LogP contribution >= 0.6 is 22.9 Å². The number of primary amides is 1. The maximum Gasteiger partial charge on any atom is 0.239 e. The van der Waals surface area contributed by atoms with Gasteiger partial charge in [0.25, 0.3) is 0 Å². The van der Waals surface area contributed by atoms with Gasteiger partial charge in [0.1, 0.15) is 15.9 Å². The molecule has 2 rings (SSSR count). The second kappa shape index (κ2) is 5.15. The molecule has 0 fully saturated rings. The molecule has 90 valence electrons. The maximum atomic E-state index is 10.7. The van der Waals surface area contributed by atoms with Gasteiger partial charge < -0.3 is 11.1 Å². The molecule has 8 heteroatoms. The molecule has 0 saturated heterocycles. The molecule has 0 atom stereocenters. The lowest BCUT2D eigenvalue weighted by atomic mass is 10.5. The maximum absolute atomic E-state index is 10.7. The summed E-state index contributed by atoms with van der Waals surface area (Å²) >= 11 is 7.18. The number of nitrogens with zero attached hydrogens (tertiary/aromatic N) is 3. The van der Waals surface area contributed by atoms with Gasteiger partial charge in [-0.2, -0.15) is 5.10 Å². The first-order valence-corrected chi connectivity index (χ1v) is 5.98. The van der Waals surface area contributed by atoms with E-state index in [2.05, 4.69) is 15.4 Å². The third kappa shape index (κ3) is 3.43. The Labute approximate surface area is 106 Å². The van der Waals surface area contributed by atoms with Gasteiger partial charge in [-0.25, -0.2) is 4.98 Å². The number of hydrogen-bond donors (Lipinski definition) is 2. The summed E-state index contributed by atoms with van der Waals surface area (Å²) in [5, 5.41) is 7.99. The highest BCUT2D eigenvalue weighted by molar-refractivity contribution is 7.15. The molecule has 0 aliphatic rings. The van der Waals surface area contributed by atoms with Crippen molar-refractivity contribution in [2.45, 2.75) is 13.1 Å². The second-order valence-corrected chi connectivity index (χ2v) is 5.05. The Morgan fingerprint density at radius 3 is 3.06 bits per heavy atom. The van der Waals surface area contributed by atoms with Crippen molar-refractivity contribution in [2.24, 2.45) is 5.73 Å². The molecule has 3 N–H and O–H groups in total. The number of rotatable bonds is 5. The van der Waals surface area contributed by atoms with Gasteiger partial charge in [0, 0.05) is 6.20 Å². The predicted octanol–water partition coefficient (Wildman–Crippen LogP) is 1.09. The molecule has 17 heavy (non-hydrogen) atoms. The van der Waals surface area contributed by atoms with Gasteiger partial charge in [-0.05, 0) is 0 Å². The van der Waals surface area contributed by atoms with E-state index in [0.29, 0.717) is 10.9 Å². The fourth-order valence-corrected chi connectivity index (χ4v) is 2.14. The second-order valence-electron chi connectivity index (χ2n) is 3.30. The van der Waals surface area contributed by atoms with Gasteiger partial charge in [0.05, 0.1) is 24.6 Å². The minimum absolute atomic E-state index is 0.0742. The van der Waals surface area contributed by atoms with E-state index in [-0.39, 0.29) is 6.54 Å². The van der Waals surface area contributed by atoms with E-state index in [1.54, 1.807) is 18.6 Å². The van der Waals surface area contributed by atoms with Crippen LogP contribution in [-0.4, -0.2) is 20.7 Å². The van der Waals surface area contributed by atoms with Crippen molar-refractivity contribution in [3.8, 4) is 0 Å². The lowest BCUT2D eigenvalue weighted by Gasteiger charge is -1.99. The number of amides is 1. The molecule has 0 aromatic carbocycles. The normalized spacial score (nSPS) is 10.4. The molecular formula is C9H10ClN5OS. The highest BCUT2D eigenvalue weighted by Crippen LogP contribution is 2.19. The van der Waals surface area contributed by atoms with Crippen LogP contribution in [0.3, 0.4) is 0 Å². The quantitative estimate of drug-likeness (QED) is 0.852. The number of thiazole rings is 1. The van der Waals surface area contributed by atoms with Crippen LogP contribution < -0.4 is 11.1 Å². The lowest BCUT2D eigenvalue weighted by molar-refractivity contribution is -0.118. The Morgan fingerprint density at radius 1 is 1.59 bits per heavy atom. The summed E-state index contributed by atoms with van der Waals surface area (Å²) in [4.78, 5) is 14.8. The van der Waals surface area contributed by atoms with Gasteiger partial charge >= 0.3 is 0 Å². The van der Waals surface area contributed by atoms with E-state index < -0.39 is 5.91 Å². The summed E-state index contributed by atoms with van der Waals surface area (Å²) in [7, 11) is 0. The fraction of sp³-hybridized carbons (Fsp3) is 0.222. The smallest absolute Gasteiger partial charge is 0.239 e. The largest absolute Gasteiger partial charge is 0.376 e. The first-order chi connectivity index (χ1) is 8.13. The van der Waals surface area contributed by atoms with Crippen LogP contribution in [0.2, 0.25) is 4.34 Å². The monoisotopic (exact) mass is 271 g/mol. The number of carbonyl (C=O) groups is 1. The third-order valence-corrected chi connectivity index (χ3v) is 3.04. The van der Waals surface area contributed by atoms with Crippen molar-refractivity contribution in [2.75, 3.05) is 5.32 Å². The fourth-order valence-electron chi connectivity index (χ4n) is 1.25. The van der Waals surface area contributed by atoms with E-state index in [4.69, 9.17) is 17.3 Å². The molecule has 0 spiro atoms. The van der Waals surface area contributed by atoms with Crippen LogP contribution in [-0.2, 0) is 17.9 Å². The molecule has 0 unspecified atom stereocenters. The minimum atomic E-state index is -0.425. The van der Waals surface area contributed by atoms with Gasteiger partial charge in [0.2, 0.25) is 5.91 Å². The average molecular weight is 272 g/mol. The van der Waals surface area contributed by atoms with E-state index in [1.165, 1.54) is 16.0 Å². The average Bonchev–Trinajstić information content (AvgIpc) is 2.84. The minimum Gasteiger partial charge on any atom is -0.376 e. The topological polar surface area (TPSA) is 85.8 Å². The molecule has 1 amide bonds. The number of halogens is 1. The van der Waals surface area contributed by atoms with Crippen LogP contribution in [0, 0.1) is 0 Å². The van der Waals surface area contributed by atoms with E-state index in [1.807, 2.05) is 0 Å². The van der Waals surface area contributed by atoms with Crippen LogP contribution in [0.1, 0.15) is 5.01 Å². The molecule has 0 radical (unpaired) electrons. The molecule has 2 aromatic heterocycles. The van der Waals surface area contributed by atoms with Crippen molar-refractivity contribution in [3.63, 3.8) is 0 Å². The zero-order valence-electron chi connectivity index (χ0n) is 8.76. The SMILES string of the molecule is NC(=O)Cn1cc(NCc2ncc(Cl)s2)cn1. The summed E-state index contributed by atoms with van der Waals surface area (Å²) in [5.41, 5.74) is 5.86. The van der Waals surface area contributed by atoms with E-state index >= 15 is 0 Å². The van der Waals surface area contributed by atoms with Crippen LogP contribution in [0.15, 0.2) is 18.6 Å². The standard InChI is InChI=1S/C9H10ClN5OS/c10-7-2-13-9(17-7)3-12-6-1-14-15(4-6)5-8(11)16/h1-2,4,12H,3,5H2,(H2,11,16). The lowest BCUT2D eigenvalue weighted by Crippen LogP contribution is -2.18. The van der Waals surface area contributed by atoms with Crippen molar-refractivity contribution in [3.05, 3.63) is 27.9 Å². The number of carbonyl (C=O) groups excluding carboxylic acids is 1. The Hall–Kier alpha value is -1.60. The molecular weight excluding hydrogens is 262 g/mol. The van der Waals surface area contributed by atoms with E-state index in [0.717, 1.165) is 10.7 Å². The summed E-state index contributed by atoms with van der Waals surface area (Å²) < 4.78 is 2.13. The number of anilines is 1. The third-order valence-electron chi connectivity index (χ3n) is 1.92. The van der Waals surface area contributed by atoms with Gasteiger partial charge in [-0.1, -0.05) is 11.6 Å². The van der Waals surface area contributed by atoms with Crippen molar-refractivity contribution in [1.82, 2.24) is 14.8 Å². The van der Waals surface area contributed by atoms with Crippen molar-refractivity contribution < 1.29 is 4.79 Å². The molecule has 0 saturated carbocycles. The molecule has 2 aromatic rings. The number of aromatic nitrogens is 3. The molecule has 0 aliphatic heterocycles. The number of nitrogens with two attached hydrogens (primary N) is 1. The van der Waals surface area contributed by atoms with Crippen LogP contribution in [0.4, 0.5) is 5.69 Å². The van der Waals surface area contributed by atoms with E-state index in [9.17, 15) is 4.79 Å². The molecule has 0 bridgehead atoms. The Kier molecular flexibility index (Phi) is 3.60. The van der Waals surface area contributed by atoms with Gasteiger partial charge in [0.15, 0.2) is 0 Å². The van der Waals surface area contributed by atoms with Gasteiger partial charge in [-0.15, -0.1) is 11.3 Å². The molecule has 6 nitrogen and oxygen atoms in total. The summed E-state index contributed by atoms with van der Waals surface area (Å²) in [6.07, 6.45) is 4.94. The highest BCUT2D eigenvalue weighted by Gasteiger charge is 2.03. The van der Waals surface area contributed by atoms with Gasteiger partial charge in [-0.3, -0.25) is 9.48 Å². The Morgan fingerprint density at radius 2 is 2.41 bits per heavy atom. The zero-order valence-corrected chi connectivity index (χ0v) is 10.3. The number of nitrogens with one attached hydrogen (secondary N) is 1. The van der Waals surface area contributed by atoms with Crippen molar-refractivity contribution in [1.29, 1.82) is 0 Å². The Balaban J connectivity index is 1.91. The molecule has 2 heterocycles. The Bertz CT molecular complexity index is 523. The number of hydrogen-bond acceptors (Lipinski definition) is 5. The van der Waals surface area contributed by atoms with Crippen LogP contribution in [0.5, 0.6) is 0 Å². The van der Waals surface area contributed by atoms with Crippen LogP contribution in [0.25, 0.3) is 0 Å². The highest BCUT2D eigenvalue weighted by atomic mass is 35.5. The summed E-state index contributed by atoms with van der Waals surface area (Å²) in [6, 6.07) is 0. The zero-order chi connectivity index (χ0) is 12.3. The molecule has 0 aliphatic carbocycles. The first-order valence-electron chi connectivity index (χ1n) is 4.78. The summed E-state index contributed by atoms with van der Waals surface area (Å²) in [5.74, 6) is -0.425. The van der Waals surface area contributed by atoms with Crippen molar-refractivity contribution >= 4 is 34.5 Å².